The maximum atomic E-state index is 13.2. The maximum absolute atomic E-state index is 13.2. The van der Waals surface area contributed by atoms with Gasteiger partial charge in [-0.2, -0.15) is 0 Å². The van der Waals surface area contributed by atoms with Crippen molar-refractivity contribution >= 4 is 29.1 Å². The molecule has 0 radical (unpaired) electrons. The van der Waals surface area contributed by atoms with E-state index < -0.39 is 17.7 Å². The number of halogens is 1. The van der Waals surface area contributed by atoms with Gasteiger partial charge in [0.25, 0.3) is 11.7 Å². The Morgan fingerprint density at radius 3 is 2.11 bits per heavy atom. The molecule has 0 aromatic heterocycles. The van der Waals surface area contributed by atoms with Gasteiger partial charge in [-0.1, -0.05) is 35.9 Å². The summed E-state index contributed by atoms with van der Waals surface area (Å²) in [5.41, 5.74) is 1.94. The Balaban J connectivity index is 1.76. The van der Waals surface area contributed by atoms with Gasteiger partial charge < -0.3 is 19.5 Å². The Bertz CT molecular complexity index is 1250. The Kier molecular flexibility index (Phi) is 7.12. The lowest BCUT2D eigenvalue weighted by Crippen LogP contribution is -2.29. The molecule has 3 aromatic rings. The lowest BCUT2D eigenvalue weighted by atomic mass is 9.95. The predicted octanol–water partition coefficient (Wildman–Crippen LogP) is 5.76. The predicted molar refractivity (Wildman–Crippen MR) is 134 cm³/mol. The molecule has 1 fully saturated rings. The number of Topliss-reactive ketones (excluding diaryl/α,β-unsaturated/α-hetero) is 1. The van der Waals surface area contributed by atoms with Gasteiger partial charge >= 0.3 is 0 Å². The zero-order valence-corrected chi connectivity index (χ0v) is 20.5. The molecule has 1 aliphatic heterocycles. The lowest BCUT2D eigenvalue weighted by molar-refractivity contribution is -0.140. The van der Waals surface area contributed by atoms with Crippen molar-refractivity contribution in [2.75, 3.05) is 7.11 Å². The van der Waals surface area contributed by atoms with Crippen LogP contribution in [0.5, 0.6) is 11.5 Å². The van der Waals surface area contributed by atoms with Crippen LogP contribution in [0.3, 0.4) is 0 Å². The molecule has 1 atom stereocenters. The van der Waals surface area contributed by atoms with Gasteiger partial charge in [0.05, 0.1) is 24.8 Å². The lowest BCUT2D eigenvalue weighted by Gasteiger charge is -2.25. The topological polar surface area (TPSA) is 76.1 Å². The van der Waals surface area contributed by atoms with E-state index in [1.54, 1.807) is 55.6 Å². The molecule has 0 saturated carbocycles. The minimum absolute atomic E-state index is 0.0299. The summed E-state index contributed by atoms with van der Waals surface area (Å²) in [6.07, 6.45) is 0.0432. The Morgan fingerprint density at radius 2 is 1.54 bits per heavy atom. The quantitative estimate of drug-likeness (QED) is 0.258. The third-order valence-corrected chi connectivity index (χ3v) is 5.99. The van der Waals surface area contributed by atoms with E-state index in [-0.39, 0.29) is 24.0 Å². The second-order valence-electron chi connectivity index (χ2n) is 8.52. The molecular weight excluding hydrogens is 466 g/mol. The van der Waals surface area contributed by atoms with Crippen LogP contribution in [-0.2, 0) is 16.1 Å². The number of aliphatic hydroxyl groups is 1. The number of hydrogen-bond donors (Lipinski definition) is 1. The van der Waals surface area contributed by atoms with Gasteiger partial charge in [0, 0.05) is 17.1 Å². The van der Waals surface area contributed by atoms with Crippen LogP contribution < -0.4 is 9.47 Å². The summed E-state index contributed by atoms with van der Waals surface area (Å²) < 4.78 is 11.0. The third kappa shape index (κ3) is 5.17. The summed E-state index contributed by atoms with van der Waals surface area (Å²) >= 11 is 5.99. The molecule has 0 aliphatic carbocycles. The van der Waals surface area contributed by atoms with Crippen molar-refractivity contribution in [2.24, 2.45) is 0 Å². The molecule has 1 N–H and O–H groups in total. The Labute approximate surface area is 209 Å². The zero-order chi connectivity index (χ0) is 25.1. The SMILES string of the molecule is COc1ccc(C2/C(=C(/O)c3ccc(Cl)cc3)C(=O)C(=O)N2Cc2ccc(OC(C)C)cc2)cc1. The molecule has 180 valence electrons. The normalized spacial score (nSPS) is 17.2. The van der Waals surface area contributed by atoms with Gasteiger partial charge in [-0.25, -0.2) is 0 Å². The van der Waals surface area contributed by atoms with Gasteiger partial charge in [0.15, 0.2) is 0 Å². The van der Waals surface area contributed by atoms with Crippen molar-refractivity contribution in [1.29, 1.82) is 0 Å². The van der Waals surface area contributed by atoms with Crippen LogP contribution in [0.2, 0.25) is 5.02 Å². The number of nitrogens with zero attached hydrogens (tertiary/aromatic N) is 1. The third-order valence-electron chi connectivity index (χ3n) is 5.74. The van der Waals surface area contributed by atoms with Gasteiger partial charge in [-0.15, -0.1) is 0 Å². The van der Waals surface area contributed by atoms with Crippen LogP contribution in [0.25, 0.3) is 5.76 Å². The van der Waals surface area contributed by atoms with E-state index in [0.717, 1.165) is 11.3 Å². The molecule has 0 bridgehead atoms. The zero-order valence-electron chi connectivity index (χ0n) is 19.7. The van der Waals surface area contributed by atoms with Crippen molar-refractivity contribution in [1.82, 2.24) is 4.90 Å². The van der Waals surface area contributed by atoms with Crippen LogP contribution in [0.4, 0.5) is 0 Å². The molecule has 0 spiro atoms. The Hall–Kier alpha value is -3.77. The highest BCUT2D eigenvalue weighted by Gasteiger charge is 2.46. The molecule has 1 aliphatic rings. The van der Waals surface area contributed by atoms with Crippen LogP contribution in [0, 0.1) is 0 Å². The Morgan fingerprint density at radius 1 is 0.943 bits per heavy atom. The number of ether oxygens (including phenoxy) is 2. The van der Waals surface area contributed by atoms with Crippen molar-refractivity contribution < 1.29 is 24.2 Å². The molecule has 35 heavy (non-hydrogen) atoms. The number of likely N-dealkylation sites (tertiary alicyclic amines) is 1. The van der Waals surface area contributed by atoms with Gasteiger partial charge in [-0.3, -0.25) is 9.59 Å². The first-order valence-corrected chi connectivity index (χ1v) is 11.6. The molecule has 3 aromatic carbocycles. The number of hydrogen-bond acceptors (Lipinski definition) is 5. The highest BCUT2D eigenvalue weighted by atomic mass is 35.5. The number of carbonyl (C=O) groups is 2. The summed E-state index contributed by atoms with van der Waals surface area (Å²) in [5, 5.41) is 11.6. The maximum Gasteiger partial charge on any atom is 0.295 e. The molecule has 7 heteroatoms. The largest absolute Gasteiger partial charge is 0.507 e. The number of carbonyl (C=O) groups excluding carboxylic acids is 2. The van der Waals surface area contributed by atoms with Crippen LogP contribution in [-0.4, -0.2) is 34.9 Å². The molecule has 6 nitrogen and oxygen atoms in total. The van der Waals surface area contributed by atoms with Crippen molar-refractivity contribution in [2.45, 2.75) is 32.5 Å². The van der Waals surface area contributed by atoms with Crippen LogP contribution in [0.1, 0.15) is 36.6 Å². The average molecular weight is 492 g/mol. The standard InChI is InChI=1S/C28H26ClNO5/c1-17(2)35-23-12-4-18(5-13-23)16-30-25(19-8-14-22(34-3)15-9-19)24(27(32)28(30)33)26(31)20-6-10-21(29)11-7-20/h4-15,17,25,31H,16H2,1-3H3/b26-24-. The van der Waals surface area contributed by atoms with Gasteiger partial charge in [-0.05, 0) is 73.5 Å². The van der Waals surface area contributed by atoms with E-state index in [1.807, 2.05) is 38.1 Å². The number of ketones is 1. The van der Waals surface area contributed by atoms with Crippen molar-refractivity contribution in [3.63, 3.8) is 0 Å². The molecular formula is C28H26ClNO5. The van der Waals surface area contributed by atoms with E-state index >= 15 is 0 Å². The second kappa shape index (κ2) is 10.2. The number of benzene rings is 3. The van der Waals surface area contributed by atoms with Crippen molar-refractivity contribution in [3.8, 4) is 11.5 Å². The van der Waals surface area contributed by atoms with Gasteiger partial charge in [0.2, 0.25) is 0 Å². The van der Waals surface area contributed by atoms with Crippen LogP contribution >= 0.6 is 11.6 Å². The highest BCUT2D eigenvalue weighted by molar-refractivity contribution is 6.46. The van der Waals surface area contributed by atoms with Crippen LogP contribution in [0.15, 0.2) is 78.4 Å². The molecule has 1 heterocycles. The number of aliphatic hydroxyl groups excluding tert-OH is 1. The molecule has 1 unspecified atom stereocenters. The number of methoxy groups -OCH3 is 1. The fraction of sp³-hybridized carbons (Fsp3) is 0.214. The van der Waals surface area contributed by atoms with E-state index in [9.17, 15) is 14.7 Å². The van der Waals surface area contributed by atoms with Gasteiger partial charge in [0.1, 0.15) is 17.3 Å². The molecule has 1 amide bonds. The summed E-state index contributed by atoms with van der Waals surface area (Å²) in [6, 6.07) is 20.2. The first kappa shape index (κ1) is 24.4. The average Bonchev–Trinajstić information content (AvgIpc) is 3.10. The summed E-state index contributed by atoms with van der Waals surface area (Å²) in [4.78, 5) is 27.9. The summed E-state index contributed by atoms with van der Waals surface area (Å²) in [6.45, 7) is 4.08. The smallest absolute Gasteiger partial charge is 0.295 e. The molecule has 4 rings (SSSR count). The fourth-order valence-corrected chi connectivity index (χ4v) is 4.21. The number of amides is 1. The van der Waals surface area contributed by atoms with E-state index in [4.69, 9.17) is 21.1 Å². The first-order chi connectivity index (χ1) is 16.8. The van der Waals surface area contributed by atoms with Crippen molar-refractivity contribution in [3.05, 3.63) is 100 Å². The van der Waals surface area contributed by atoms with E-state index in [2.05, 4.69) is 0 Å². The minimum Gasteiger partial charge on any atom is -0.507 e. The van der Waals surface area contributed by atoms with E-state index in [1.165, 1.54) is 4.90 Å². The monoisotopic (exact) mass is 491 g/mol. The highest BCUT2D eigenvalue weighted by Crippen LogP contribution is 2.40. The molecule has 1 saturated heterocycles. The van der Waals surface area contributed by atoms with E-state index in [0.29, 0.717) is 21.9 Å². The second-order valence-corrected chi connectivity index (χ2v) is 8.95. The first-order valence-electron chi connectivity index (χ1n) is 11.2. The minimum atomic E-state index is -0.775. The summed E-state index contributed by atoms with van der Waals surface area (Å²) in [7, 11) is 1.56. The number of rotatable bonds is 7. The summed E-state index contributed by atoms with van der Waals surface area (Å²) in [5.74, 6) is -0.296. The fourth-order valence-electron chi connectivity index (χ4n) is 4.08.